The van der Waals surface area contributed by atoms with Crippen molar-refractivity contribution in [1.29, 1.82) is 0 Å². The standard InChI is InChI=1S/C17H19FN2O3/c1-11(12-4-3-5-15(21)9-12)19-17(22)20-16-7-6-14(18)8-13(16)10-23-2/h3-9,11,21H,10H2,1-2H3,(H2,19,20,22)/t11-/m0/s1. The van der Waals surface area contributed by atoms with Crippen LogP contribution < -0.4 is 10.6 Å². The van der Waals surface area contributed by atoms with Gasteiger partial charge in [-0.2, -0.15) is 0 Å². The maximum Gasteiger partial charge on any atom is 0.319 e. The van der Waals surface area contributed by atoms with E-state index in [2.05, 4.69) is 10.6 Å². The van der Waals surface area contributed by atoms with Crippen molar-refractivity contribution in [2.45, 2.75) is 19.6 Å². The van der Waals surface area contributed by atoms with Crippen molar-refractivity contribution in [2.24, 2.45) is 0 Å². The molecule has 0 bridgehead atoms. The Labute approximate surface area is 134 Å². The fourth-order valence-corrected chi connectivity index (χ4v) is 2.19. The highest BCUT2D eigenvalue weighted by atomic mass is 19.1. The molecule has 23 heavy (non-hydrogen) atoms. The van der Waals surface area contributed by atoms with E-state index in [0.717, 1.165) is 5.56 Å². The zero-order valence-corrected chi connectivity index (χ0v) is 13.0. The van der Waals surface area contributed by atoms with Crippen LogP contribution >= 0.6 is 0 Å². The Morgan fingerprint density at radius 2 is 2.09 bits per heavy atom. The summed E-state index contributed by atoms with van der Waals surface area (Å²) in [5, 5.41) is 14.9. The zero-order valence-electron chi connectivity index (χ0n) is 13.0. The minimum Gasteiger partial charge on any atom is -0.508 e. The maximum absolute atomic E-state index is 13.3. The number of ether oxygens (including phenoxy) is 1. The molecule has 0 aromatic heterocycles. The lowest BCUT2D eigenvalue weighted by molar-refractivity contribution is 0.185. The van der Waals surface area contributed by atoms with E-state index in [1.165, 1.54) is 25.3 Å². The second kappa shape index (κ2) is 7.60. The Morgan fingerprint density at radius 3 is 2.78 bits per heavy atom. The number of urea groups is 1. The number of phenols is 1. The monoisotopic (exact) mass is 318 g/mol. The van der Waals surface area contributed by atoms with Crippen LogP contribution in [0.4, 0.5) is 14.9 Å². The number of hydrogen-bond acceptors (Lipinski definition) is 3. The normalized spacial score (nSPS) is 11.8. The van der Waals surface area contributed by atoms with Crippen molar-refractivity contribution < 1.29 is 19.0 Å². The summed E-state index contributed by atoms with van der Waals surface area (Å²) in [6.45, 7) is 1.99. The molecule has 122 valence electrons. The van der Waals surface area contributed by atoms with Gasteiger partial charge in [0.25, 0.3) is 0 Å². The fourth-order valence-electron chi connectivity index (χ4n) is 2.19. The molecular formula is C17H19FN2O3. The number of rotatable bonds is 5. The molecule has 0 spiro atoms. The Bertz CT molecular complexity index is 691. The first-order chi connectivity index (χ1) is 11.0. The summed E-state index contributed by atoms with van der Waals surface area (Å²) in [5.41, 5.74) is 1.80. The predicted octanol–water partition coefficient (Wildman–Crippen LogP) is 3.56. The number of methoxy groups -OCH3 is 1. The molecular weight excluding hydrogens is 299 g/mol. The lowest BCUT2D eigenvalue weighted by Gasteiger charge is -2.16. The van der Waals surface area contributed by atoms with Gasteiger partial charge in [-0.25, -0.2) is 9.18 Å². The predicted molar refractivity (Wildman–Crippen MR) is 85.8 cm³/mol. The van der Waals surface area contributed by atoms with Crippen LogP contribution in [0.2, 0.25) is 0 Å². The molecule has 5 nitrogen and oxygen atoms in total. The van der Waals surface area contributed by atoms with Crippen molar-refractivity contribution >= 4 is 11.7 Å². The molecule has 6 heteroatoms. The highest BCUT2D eigenvalue weighted by molar-refractivity contribution is 5.90. The van der Waals surface area contributed by atoms with E-state index in [4.69, 9.17) is 4.74 Å². The number of phenolic OH excluding ortho intramolecular Hbond substituents is 1. The average molecular weight is 318 g/mol. The van der Waals surface area contributed by atoms with Gasteiger partial charge >= 0.3 is 6.03 Å². The first kappa shape index (κ1) is 16.8. The first-order valence-corrected chi connectivity index (χ1v) is 7.13. The molecule has 0 fully saturated rings. The second-order valence-electron chi connectivity index (χ2n) is 5.15. The van der Waals surface area contributed by atoms with Gasteiger partial charge in [0.15, 0.2) is 0 Å². The highest BCUT2D eigenvalue weighted by Gasteiger charge is 2.12. The minimum absolute atomic E-state index is 0.137. The van der Waals surface area contributed by atoms with Crippen molar-refractivity contribution in [2.75, 3.05) is 12.4 Å². The molecule has 2 aromatic carbocycles. The van der Waals surface area contributed by atoms with Crippen LogP contribution in [0.5, 0.6) is 5.75 Å². The fraction of sp³-hybridized carbons (Fsp3) is 0.235. The van der Waals surface area contributed by atoms with Gasteiger partial charge in [-0.1, -0.05) is 12.1 Å². The largest absolute Gasteiger partial charge is 0.508 e. The third-order valence-corrected chi connectivity index (χ3v) is 3.33. The number of nitrogens with one attached hydrogen (secondary N) is 2. The van der Waals surface area contributed by atoms with Crippen LogP contribution in [0.1, 0.15) is 24.1 Å². The van der Waals surface area contributed by atoms with Crippen molar-refractivity contribution in [3.63, 3.8) is 0 Å². The SMILES string of the molecule is COCc1cc(F)ccc1NC(=O)N[C@@H](C)c1cccc(O)c1. The molecule has 0 heterocycles. The lowest BCUT2D eigenvalue weighted by Crippen LogP contribution is -2.31. The number of hydrogen-bond donors (Lipinski definition) is 3. The summed E-state index contributed by atoms with van der Waals surface area (Å²) >= 11 is 0. The molecule has 0 aliphatic rings. The van der Waals surface area contributed by atoms with E-state index < -0.39 is 11.8 Å². The third kappa shape index (κ3) is 4.69. The number of benzene rings is 2. The Morgan fingerprint density at radius 1 is 1.30 bits per heavy atom. The number of carbonyl (C=O) groups excluding carboxylic acids is 1. The highest BCUT2D eigenvalue weighted by Crippen LogP contribution is 2.20. The van der Waals surface area contributed by atoms with Crippen LogP contribution in [0.3, 0.4) is 0 Å². The Balaban J connectivity index is 2.05. The molecule has 0 saturated heterocycles. The smallest absolute Gasteiger partial charge is 0.319 e. The van der Waals surface area contributed by atoms with Crippen LogP contribution in [0, 0.1) is 5.82 Å². The van der Waals surface area contributed by atoms with Gasteiger partial charge in [0.2, 0.25) is 0 Å². The van der Waals surface area contributed by atoms with E-state index in [0.29, 0.717) is 11.3 Å². The topological polar surface area (TPSA) is 70.6 Å². The van der Waals surface area contributed by atoms with Crippen LogP contribution in [0.25, 0.3) is 0 Å². The summed E-state index contributed by atoms with van der Waals surface area (Å²) in [6, 6.07) is 10.0. The molecule has 0 unspecified atom stereocenters. The molecule has 0 aliphatic heterocycles. The molecule has 2 aromatic rings. The molecule has 1 atom stereocenters. The summed E-state index contributed by atoms with van der Waals surface area (Å²) in [4.78, 5) is 12.1. The summed E-state index contributed by atoms with van der Waals surface area (Å²) in [6.07, 6.45) is 0. The van der Waals surface area contributed by atoms with Crippen LogP contribution in [0.15, 0.2) is 42.5 Å². The molecule has 2 amide bonds. The van der Waals surface area contributed by atoms with Crippen molar-refractivity contribution in [3.05, 3.63) is 59.4 Å². The molecule has 3 N–H and O–H groups in total. The van der Waals surface area contributed by atoms with Crippen molar-refractivity contribution in [1.82, 2.24) is 5.32 Å². The number of anilines is 1. The Kier molecular flexibility index (Phi) is 5.54. The summed E-state index contributed by atoms with van der Waals surface area (Å²) in [7, 11) is 1.50. The third-order valence-electron chi connectivity index (χ3n) is 3.33. The summed E-state index contributed by atoms with van der Waals surface area (Å²) < 4.78 is 18.3. The molecule has 0 aliphatic carbocycles. The number of amides is 2. The zero-order chi connectivity index (χ0) is 16.8. The van der Waals surface area contributed by atoms with Crippen LogP contribution in [-0.2, 0) is 11.3 Å². The van der Waals surface area contributed by atoms with E-state index in [1.807, 2.05) is 0 Å². The van der Waals surface area contributed by atoms with Gasteiger partial charge < -0.3 is 20.5 Å². The van der Waals surface area contributed by atoms with Gasteiger partial charge in [-0.05, 0) is 42.8 Å². The van der Waals surface area contributed by atoms with Gasteiger partial charge in [-0.15, -0.1) is 0 Å². The number of aromatic hydroxyl groups is 1. The minimum atomic E-state index is -0.426. The second-order valence-corrected chi connectivity index (χ2v) is 5.15. The number of halogens is 1. The van der Waals surface area contributed by atoms with Gasteiger partial charge in [0.1, 0.15) is 11.6 Å². The Hall–Kier alpha value is -2.60. The van der Waals surface area contributed by atoms with Gasteiger partial charge in [0.05, 0.1) is 12.6 Å². The van der Waals surface area contributed by atoms with Gasteiger partial charge in [0, 0.05) is 18.4 Å². The summed E-state index contributed by atoms with van der Waals surface area (Å²) in [5.74, 6) is -0.256. The van der Waals surface area contributed by atoms with E-state index in [-0.39, 0.29) is 18.4 Å². The number of carbonyl (C=O) groups is 1. The van der Waals surface area contributed by atoms with E-state index >= 15 is 0 Å². The van der Waals surface area contributed by atoms with Gasteiger partial charge in [-0.3, -0.25) is 0 Å². The quantitative estimate of drug-likeness (QED) is 0.789. The van der Waals surface area contributed by atoms with E-state index in [1.54, 1.807) is 31.2 Å². The maximum atomic E-state index is 13.3. The van der Waals surface area contributed by atoms with Crippen LogP contribution in [-0.4, -0.2) is 18.2 Å². The molecule has 0 radical (unpaired) electrons. The first-order valence-electron chi connectivity index (χ1n) is 7.13. The molecule has 0 saturated carbocycles. The molecule has 2 rings (SSSR count). The average Bonchev–Trinajstić information content (AvgIpc) is 2.50. The lowest BCUT2D eigenvalue weighted by atomic mass is 10.1. The van der Waals surface area contributed by atoms with Crippen molar-refractivity contribution in [3.8, 4) is 5.75 Å². The van der Waals surface area contributed by atoms with E-state index in [9.17, 15) is 14.3 Å².